The van der Waals surface area contributed by atoms with Crippen LogP contribution < -0.4 is 0 Å². The van der Waals surface area contributed by atoms with Gasteiger partial charge in [0.2, 0.25) is 5.91 Å². The number of carbonyl (C=O) groups excluding carboxylic acids is 1. The van der Waals surface area contributed by atoms with Gasteiger partial charge in [-0.3, -0.25) is 14.5 Å². The number of hydrogen-bond donors (Lipinski definition) is 1. The van der Waals surface area contributed by atoms with Crippen molar-refractivity contribution < 1.29 is 14.7 Å². The molecular weight excluding hydrogens is 268 g/mol. The van der Waals surface area contributed by atoms with Crippen LogP contribution in [-0.4, -0.2) is 59.0 Å². The summed E-state index contributed by atoms with van der Waals surface area (Å²) in [5.74, 6) is -0.984. The summed E-state index contributed by atoms with van der Waals surface area (Å²) in [6.45, 7) is 12.9. The molecule has 0 spiro atoms. The highest BCUT2D eigenvalue weighted by Gasteiger charge is 2.40. The number of carbonyl (C=O) groups is 2. The first-order valence-corrected chi connectivity index (χ1v) is 7.97. The van der Waals surface area contributed by atoms with Gasteiger partial charge in [0, 0.05) is 38.6 Å². The maximum atomic E-state index is 12.4. The molecule has 0 saturated carbocycles. The molecule has 2 unspecified atom stereocenters. The first-order valence-electron chi connectivity index (χ1n) is 7.97. The van der Waals surface area contributed by atoms with Gasteiger partial charge in [0.15, 0.2) is 0 Å². The van der Waals surface area contributed by atoms with E-state index in [1.165, 1.54) is 0 Å². The fraction of sp³-hybridized carbons (Fsp3) is 0.875. The molecule has 1 amide bonds. The number of carboxylic acids is 1. The van der Waals surface area contributed by atoms with Crippen LogP contribution in [0.4, 0.5) is 0 Å². The van der Waals surface area contributed by atoms with Crippen LogP contribution >= 0.6 is 0 Å². The predicted octanol–water partition coefficient (Wildman–Crippen LogP) is 2.07. The molecule has 1 saturated heterocycles. The Morgan fingerprint density at radius 3 is 2.05 bits per heavy atom. The summed E-state index contributed by atoms with van der Waals surface area (Å²) in [6, 6.07) is 0.544. The number of nitrogens with zero attached hydrogens (tertiary/aromatic N) is 2. The molecular formula is C16H30N2O3. The molecule has 122 valence electrons. The zero-order valence-corrected chi connectivity index (χ0v) is 14.1. The third-order valence-corrected chi connectivity index (χ3v) is 5.16. The Kier molecular flexibility index (Phi) is 6.20. The minimum Gasteiger partial charge on any atom is -0.481 e. The van der Waals surface area contributed by atoms with E-state index < -0.39 is 11.4 Å². The Morgan fingerprint density at radius 1 is 1.14 bits per heavy atom. The molecule has 1 aliphatic heterocycles. The fourth-order valence-corrected chi connectivity index (χ4v) is 2.62. The van der Waals surface area contributed by atoms with Crippen LogP contribution in [0.1, 0.15) is 47.5 Å². The Bertz CT molecular complexity index is 376. The number of carboxylic acid groups (broad SMARTS) is 1. The molecule has 0 bridgehead atoms. The van der Waals surface area contributed by atoms with Crippen LogP contribution in [0.5, 0.6) is 0 Å². The molecule has 1 aliphatic rings. The Morgan fingerprint density at radius 2 is 1.67 bits per heavy atom. The lowest BCUT2D eigenvalue weighted by atomic mass is 9.76. The number of piperazine rings is 1. The van der Waals surface area contributed by atoms with Crippen molar-refractivity contribution in [2.75, 3.05) is 26.2 Å². The average molecular weight is 298 g/mol. The smallest absolute Gasteiger partial charge is 0.310 e. The van der Waals surface area contributed by atoms with Crippen molar-refractivity contribution in [3.8, 4) is 0 Å². The van der Waals surface area contributed by atoms with Gasteiger partial charge in [-0.25, -0.2) is 0 Å². The SMILES string of the molecule is CCC(C)N1CCN(C(=O)CC(C)(C(=O)O)C(C)C)CC1. The van der Waals surface area contributed by atoms with Gasteiger partial charge < -0.3 is 10.0 Å². The monoisotopic (exact) mass is 298 g/mol. The van der Waals surface area contributed by atoms with Crippen LogP contribution in [0.2, 0.25) is 0 Å². The van der Waals surface area contributed by atoms with Gasteiger partial charge >= 0.3 is 5.97 Å². The quantitative estimate of drug-likeness (QED) is 0.815. The summed E-state index contributed by atoms with van der Waals surface area (Å²) in [7, 11) is 0. The first-order chi connectivity index (χ1) is 9.72. The summed E-state index contributed by atoms with van der Waals surface area (Å²) in [5, 5.41) is 9.42. The lowest BCUT2D eigenvalue weighted by molar-refractivity contribution is -0.156. The van der Waals surface area contributed by atoms with E-state index in [0.717, 1.165) is 19.5 Å². The molecule has 1 N–H and O–H groups in total. The second-order valence-electron chi connectivity index (χ2n) is 6.73. The predicted molar refractivity (Wildman–Crippen MR) is 83.1 cm³/mol. The molecule has 0 aromatic heterocycles. The molecule has 0 radical (unpaired) electrons. The van der Waals surface area contributed by atoms with Crippen molar-refractivity contribution in [1.82, 2.24) is 9.80 Å². The summed E-state index contributed by atoms with van der Waals surface area (Å²) in [6.07, 6.45) is 1.20. The van der Waals surface area contributed by atoms with Gasteiger partial charge in [-0.1, -0.05) is 20.8 Å². The average Bonchev–Trinajstić information content (AvgIpc) is 2.45. The van der Waals surface area contributed by atoms with Crippen LogP contribution in [0.25, 0.3) is 0 Å². The van der Waals surface area contributed by atoms with Crippen molar-refractivity contribution in [1.29, 1.82) is 0 Å². The lowest BCUT2D eigenvalue weighted by Gasteiger charge is -2.39. The number of aliphatic carboxylic acids is 1. The molecule has 1 rings (SSSR count). The second kappa shape index (κ2) is 7.25. The largest absolute Gasteiger partial charge is 0.481 e. The summed E-state index contributed by atoms with van der Waals surface area (Å²) < 4.78 is 0. The van der Waals surface area contributed by atoms with E-state index in [9.17, 15) is 14.7 Å². The van der Waals surface area contributed by atoms with E-state index in [4.69, 9.17) is 0 Å². The molecule has 0 aromatic rings. The lowest BCUT2D eigenvalue weighted by Crippen LogP contribution is -2.52. The van der Waals surface area contributed by atoms with Gasteiger partial charge in [-0.15, -0.1) is 0 Å². The summed E-state index contributed by atoms with van der Waals surface area (Å²) in [5.41, 5.74) is -0.981. The highest BCUT2D eigenvalue weighted by Crippen LogP contribution is 2.32. The molecule has 1 fully saturated rings. The molecule has 0 aromatic carbocycles. The van der Waals surface area contributed by atoms with Gasteiger partial charge in [0.1, 0.15) is 0 Å². The van der Waals surface area contributed by atoms with Crippen molar-refractivity contribution in [3.63, 3.8) is 0 Å². The number of amides is 1. The minimum absolute atomic E-state index is 0.0302. The van der Waals surface area contributed by atoms with E-state index in [1.54, 1.807) is 6.92 Å². The molecule has 5 heteroatoms. The molecule has 1 heterocycles. The van der Waals surface area contributed by atoms with Gasteiger partial charge in [0.25, 0.3) is 0 Å². The maximum Gasteiger partial charge on any atom is 0.310 e. The second-order valence-corrected chi connectivity index (χ2v) is 6.73. The Hall–Kier alpha value is -1.10. The zero-order valence-electron chi connectivity index (χ0n) is 14.1. The van der Waals surface area contributed by atoms with Crippen molar-refractivity contribution in [3.05, 3.63) is 0 Å². The molecule has 21 heavy (non-hydrogen) atoms. The van der Waals surface area contributed by atoms with E-state index >= 15 is 0 Å². The molecule has 2 atom stereocenters. The number of rotatable bonds is 6. The van der Waals surface area contributed by atoms with Crippen molar-refractivity contribution in [2.24, 2.45) is 11.3 Å². The fourth-order valence-electron chi connectivity index (χ4n) is 2.62. The highest BCUT2D eigenvalue weighted by atomic mass is 16.4. The third-order valence-electron chi connectivity index (χ3n) is 5.16. The van der Waals surface area contributed by atoms with Crippen LogP contribution in [-0.2, 0) is 9.59 Å². The normalized spacial score (nSPS) is 21.1. The van der Waals surface area contributed by atoms with E-state index in [-0.39, 0.29) is 18.2 Å². The third kappa shape index (κ3) is 4.19. The number of hydrogen-bond acceptors (Lipinski definition) is 3. The topological polar surface area (TPSA) is 60.9 Å². The molecule has 5 nitrogen and oxygen atoms in total. The minimum atomic E-state index is -0.981. The van der Waals surface area contributed by atoms with Gasteiger partial charge in [0.05, 0.1) is 5.41 Å². The van der Waals surface area contributed by atoms with E-state index in [2.05, 4.69) is 18.7 Å². The first kappa shape index (κ1) is 18.0. The van der Waals surface area contributed by atoms with Gasteiger partial charge in [-0.05, 0) is 26.2 Å². The summed E-state index contributed by atoms with van der Waals surface area (Å²) in [4.78, 5) is 28.1. The Labute approximate surface area is 128 Å². The van der Waals surface area contributed by atoms with Gasteiger partial charge in [-0.2, -0.15) is 0 Å². The molecule has 0 aliphatic carbocycles. The van der Waals surface area contributed by atoms with Crippen LogP contribution in [0, 0.1) is 11.3 Å². The summed E-state index contributed by atoms with van der Waals surface area (Å²) >= 11 is 0. The van der Waals surface area contributed by atoms with E-state index in [1.807, 2.05) is 18.7 Å². The zero-order chi connectivity index (χ0) is 16.2. The van der Waals surface area contributed by atoms with E-state index in [0.29, 0.717) is 19.1 Å². The van der Waals surface area contributed by atoms with Crippen LogP contribution in [0.3, 0.4) is 0 Å². The van der Waals surface area contributed by atoms with Crippen molar-refractivity contribution in [2.45, 2.75) is 53.5 Å². The van der Waals surface area contributed by atoms with Crippen molar-refractivity contribution >= 4 is 11.9 Å². The maximum absolute atomic E-state index is 12.4. The van der Waals surface area contributed by atoms with Crippen LogP contribution in [0.15, 0.2) is 0 Å². The Balaban J connectivity index is 2.60. The highest BCUT2D eigenvalue weighted by molar-refractivity contribution is 5.85. The standard InChI is InChI=1S/C16H30N2O3/c1-6-13(4)17-7-9-18(10-8-17)14(19)11-16(5,12(2)3)15(20)21/h12-13H,6-11H2,1-5H3,(H,20,21).